The highest BCUT2D eigenvalue weighted by Crippen LogP contribution is 2.37. The van der Waals surface area contributed by atoms with Crippen molar-refractivity contribution in [1.29, 1.82) is 0 Å². The molecule has 3 aromatic carbocycles. The number of fused-ring (bicyclic) bond motifs is 1. The predicted molar refractivity (Wildman–Crippen MR) is 134 cm³/mol. The van der Waals surface area contributed by atoms with Gasteiger partial charge < -0.3 is 20.1 Å². The quantitative estimate of drug-likeness (QED) is 0.498. The Hall–Kier alpha value is -4.33. The molecule has 0 radical (unpaired) electrons. The van der Waals surface area contributed by atoms with Crippen LogP contribution in [0.25, 0.3) is 0 Å². The van der Waals surface area contributed by atoms with Gasteiger partial charge in [-0.05, 0) is 77.9 Å². The number of hydrogen-bond acceptors (Lipinski definition) is 5. The van der Waals surface area contributed by atoms with Gasteiger partial charge in [-0.3, -0.25) is 14.5 Å². The first-order valence-corrected chi connectivity index (χ1v) is 11.8. The van der Waals surface area contributed by atoms with E-state index < -0.39 is 29.9 Å². The molecular formula is C28H27N3O5. The number of rotatable bonds is 7. The largest absolute Gasteiger partial charge is 0.497 e. The number of carbonyl (C=O) groups excluding carboxylic acids is 3. The summed E-state index contributed by atoms with van der Waals surface area (Å²) in [4.78, 5) is 40.8. The van der Waals surface area contributed by atoms with Gasteiger partial charge in [-0.25, -0.2) is 4.79 Å². The molecule has 3 aromatic rings. The first-order chi connectivity index (χ1) is 17.4. The summed E-state index contributed by atoms with van der Waals surface area (Å²) in [5, 5.41) is 5.68. The van der Waals surface area contributed by atoms with Crippen molar-refractivity contribution in [3.8, 4) is 11.5 Å². The average Bonchev–Trinajstić information content (AvgIpc) is 3.47. The van der Waals surface area contributed by atoms with Crippen LogP contribution < -0.4 is 20.1 Å². The van der Waals surface area contributed by atoms with Gasteiger partial charge in [-0.1, -0.05) is 30.3 Å². The second-order valence-corrected chi connectivity index (χ2v) is 8.91. The number of ether oxygens (including phenoxy) is 2. The number of aryl methyl sites for hydroxylation is 2. The number of benzene rings is 3. The Kier molecular flexibility index (Phi) is 6.10. The molecule has 1 aliphatic heterocycles. The second-order valence-electron chi connectivity index (χ2n) is 8.91. The van der Waals surface area contributed by atoms with Crippen molar-refractivity contribution < 1.29 is 23.9 Å². The van der Waals surface area contributed by atoms with Gasteiger partial charge in [0.25, 0.3) is 5.91 Å². The zero-order chi connectivity index (χ0) is 25.3. The van der Waals surface area contributed by atoms with Gasteiger partial charge in [-0.2, -0.15) is 0 Å². The minimum atomic E-state index is -1.50. The van der Waals surface area contributed by atoms with E-state index in [1.807, 2.05) is 18.2 Å². The maximum Gasteiger partial charge on any atom is 0.326 e. The minimum Gasteiger partial charge on any atom is -0.497 e. The molecule has 0 spiro atoms. The summed E-state index contributed by atoms with van der Waals surface area (Å²) in [6.45, 7) is -0.407. The Morgan fingerprint density at radius 1 is 0.889 bits per heavy atom. The topological polar surface area (TPSA) is 97.0 Å². The molecule has 2 N–H and O–H groups in total. The molecular weight excluding hydrogens is 458 g/mol. The lowest BCUT2D eigenvalue weighted by atomic mass is 9.82. The van der Waals surface area contributed by atoms with Crippen LogP contribution >= 0.6 is 0 Å². The Labute approximate surface area is 209 Å². The molecule has 2 aliphatic rings. The lowest BCUT2D eigenvalue weighted by Gasteiger charge is -2.28. The van der Waals surface area contributed by atoms with E-state index in [0.717, 1.165) is 24.2 Å². The molecule has 8 heteroatoms. The summed E-state index contributed by atoms with van der Waals surface area (Å²) >= 11 is 0. The molecule has 1 fully saturated rings. The molecule has 4 amide bonds. The number of methoxy groups -OCH3 is 2. The normalized spacial score (nSPS) is 15.9. The number of urea groups is 1. The van der Waals surface area contributed by atoms with E-state index in [1.165, 1.54) is 11.1 Å². The van der Waals surface area contributed by atoms with Crippen LogP contribution in [-0.2, 0) is 28.0 Å². The van der Waals surface area contributed by atoms with Crippen LogP contribution in [0.15, 0.2) is 66.7 Å². The molecule has 1 aliphatic carbocycles. The molecule has 1 saturated heterocycles. The average molecular weight is 486 g/mol. The fourth-order valence-corrected chi connectivity index (χ4v) is 4.95. The third kappa shape index (κ3) is 4.04. The SMILES string of the molecule is COc1ccc(C2(c3ccc(OC)cc3)NC(=O)N(CC(=O)Nc3ccc4c(c3)CCC4)C2=O)cc1. The Bertz CT molecular complexity index is 1270. The van der Waals surface area contributed by atoms with Crippen molar-refractivity contribution in [2.75, 3.05) is 26.1 Å². The van der Waals surface area contributed by atoms with Crippen LogP contribution in [0.4, 0.5) is 10.5 Å². The first-order valence-electron chi connectivity index (χ1n) is 11.8. The van der Waals surface area contributed by atoms with Gasteiger partial charge >= 0.3 is 6.03 Å². The summed E-state index contributed by atoms with van der Waals surface area (Å²) < 4.78 is 10.5. The summed E-state index contributed by atoms with van der Waals surface area (Å²) in [7, 11) is 3.11. The van der Waals surface area contributed by atoms with Gasteiger partial charge in [0.2, 0.25) is 5.91 Å². The summed E-state index contributed by atoms with van der Waals surface area (Å²) in [6.07, 6.45) is 3.14. The number of amides is 4. The van der Waals surface area contributed by atoms with Crippen molar-refractivity contribution in [2.45, 2.75) is 24.8 Å². The minimum absolute atomic E-state index is 0.407. The van der Waals surface area contributed by atoms with Crippen LogP contribution in [0, 0.1) is 0 Å². The fraction of sp³-hybridized carbons (Fsp3) is 0.250. The van der Waals surface area contributed by atoms with Crippen LogP contribution in [0.2, 0.25) is 0 Å². The number of nitrogens with zero attached hydrogens (tertiary/aromatic N) is 1. The zero-order valence-electron chi connectivity index (χ0n) is 20.2. The Morgan fingerprint density at radius 3 is 2.06 bits per heavy atom. The Morgan fingerprint density at radius 2 is 1.47 bits per heavy atom. The highest BCUT2D eigenvalue weighted by molar-refractivity contribution is 6.12. The third-order valence-corrected chi connectivity index (χ3v) is 6.84. The molecule has 0 atom stereocenters. The number of hydrogen-bond donors (Lipinski definition) is 2. The molecule has 0 aromatic heterocycles. The predicted octanol–water partition coefficient (Wildman–Crippen LogP) is 3.63. The van der Waals surface area contributed by atoms with Crippen LogP contribution in [0.1, 0.15) is 28.7 Å². The zero-order valence-corrected chi connectivity index (χ0v) is 20.2. The van der Waals surface area contributed by atoms with Gasteiger partial charge in [0.1, 0.15) is 18.0 Å². The number of carbonyl (C=O) groups is 3. The standard InChI is InChI=1S/C28H27N3O5/c1-35-23-12-7-20(8-13-23)28(21-9-14-24(36-2)15-10-21)26(33)31(27(34)30-28)17-25(32)29-22-11-6-18-4-3-5-19(18)16-22/h6-16H,3-5,17H2,1-2H3,(H,29,32)(H,30,34). The second kappa shape index (κ2) is 9.37. The van der Waals surface area contributed by atoms with E-state index >= 15 is 0 Å². The van der Waals surface area contributed by atoms with Gasteiger partial charge in [0, 0.05) is 5.69 Å². The molecule has 0 saturated carbocycles. The maximum absolute atomic E-state index is 13.9. The molecule has 1 heterocycles. The first kappa shape index (κ1) is 23.4. The number of nitrogens with one attached hydrogen (secondary N) is 2. The van der Waals surface area contributed by atoms with E-state index in [4.69, 9.17) is 9.47 Å². The van der Waals surface area contributed by atoms with Gasteiger partial charge in [0.05, 0.1) is 14.2 Å². The van der Waals surface area contributed by atoms with Crippen molar-refractivity contribution in [2.24, 2.45) is 0 Å². The monoisotopic (exact) mass is 485 g/mol. The van der Waals surface area contributed by atoms with Gasteiger partial charge in [-0.15, -0.1) is 0 Å². The highest BCUT2D eigenvalue weighted by Gasteiger charge is 2.54. The smallest absolute Gasteiger partial charge is 0.326 e. The van der Waals surface area contributed by atoms with Crippen LogP contribution in [0.5, 0.6) is 11.5 Å². The highest BCUT2D eigenvalue weighted by atomic mass is 16.5. The summed E-state index contributed by atoms with van der Waals surface area (Å²) in [6, 6.07) is 19.0. The van der Waals surface area contributed by atoms with Crippen molar-refractivity contribution in [3.05, 3.63) is 89.0 Å². The third-order valence-electron chi connectivity index (χ3n) is 6.84. The number of anilines is 1. The van der Waals surface area contributed by atoms with E-state index in [0.29, 0.717) is 28.3 Å². The van der Waals surface area contributed by atoms with E-state index in [1.54, 1.807) is 62.8 Å². The van der Waals surface area contributed by atoms with E-state index in [9.17, 15) is 14.4 Å². The molecule has 5 rings (SSSR count). The van der Waals surface area contributed by atoms with Crippen molar-refractivity contribution >= 4 is 23.5 Å². The summed E-state index contributed by atoms with van der Waals surface area (Å²) in [5.74, 6) is 0.251. The lowest BCUT2D eigenvalue weighted by molar-refractivity contribution is -0.133. The Balaban J connectivity index is 1.44. The molecule has 0 unspecified atom stereocenters. The molecule has 0 bridgehead atoms. The molecule has 36 heavy (non-hydrogen) atoms. The van der Waals surface area contributed by atoms with E-state index in [-0.39, 0.29) is 0 Å². The number of imide groups is 1. The molecule has 8 nitrogen and oxygen atoms in total. The lowest BCUT2D eigenvalue weighted by Crippen LogP contribution is -2.45. The van der Waals surface area contributed by atoms with Crippen LogP contribution in [0.3, 0.4) is 0 Å². The van der Waals surface area contributed by atoms with Crippen molar-refractivity contribution in [1.82, 2.24) is 10.2 Å². The fourth-order valence-electron chi connectivity index (χ4n) is 4.95. The van der Waals surface area contributed by atoms with E-state index in [2.05, 4.69) is 10.6 Å². The van der Waals surface area contributed by atoms with Crippen molar-refractivity contribution in [3.63, 3.8) is 0 Å². The van der Waals surface area contributed by atoms with Gasteiger partial charge in [0.15, 0.2) is 5.54 Å². The maximum atomic E-state index is 13.9. The molecule has 184 valence electrons. The summed E-state index contributed by atoms with van der Waals surface area (Å²) in [5.41, 5.74) is 2.78. The van der Waals surface area contributed by atoms with Crippen LogP contribution in [-0.4, -0.2) is 43.5 Å².